The lowest BCUT2D eigenvalue weighted by molar-refractivity contribution is -0.124. The molecule has 0 amide bonds. The van der Waals surface area contributed by atoms with E-state index in [1.165, 1.54) is 44.3 Å². The van der Waals surface area contributed by atoms with Crippen LogP contribution in [0.1, 0.15) is 58.3 Å². The van der Waals surface area contributed by atoms with Gasteiger partial charge in [-0.05, 0) is 18.6 Å². The van der Waals surface area contributed by atoms with Crippen molar-refractivity contribution in [2.45, 2.75) is 58.3 Å². The number of carbonyl (C=O) groups excluding carboxylic acids is 2. The molecule has 0 fully saturated rings. The maximum absolute atomic E-state index is 11.5. The Hall–Kier alpha value is -0.920. The maximum Gasteiger partial charge on any atom is 0.159 e. The molecule has 0 spiro atoms. The molecule has 1 aliphatic carbocycles. The van der Waals surface area contributed by atoms with Crippen LogP contribution in [0.2, 0.25) is 0 Å². The molecule has 0 aromatic carbocycles. The first kappa shape index (κ1) is 13.1. The lowest BCUT2D eigenvalue weighted by Crippen LogP contribution is -2.20. The minimum absolute atomic E-state index is 0.0244. The molecule has 90 valence electrons. The third kappa shape index (κ3) is 4.73. The Balaban J connectivity index is 2.11. The van der Waals surface area contributed by atoms with E-state index in [1.807, 2.05) is 0 Å². The van der Waals surface area contributed by atoms with Crippen LogP contribution in [-0.2, 0) is 9.59 Å². The molecule has 1 unspecified atom stereocenters. The number of hydrogen-bond donors (Lipinski definition) is 0. The van der Waals surface area contributed by atoms with Gasteiger partial charge in [0.1, 0.15) is 0 Å². The van der Waals surface area contributed by atoms with Gasteiger partial charge in [0.05, 0.1) is 0 Å². The molecule has 0 saturated carbocycles. The van der Waals surface area contributed by atoms with E-state index in [-0.39, 0.29) is 17.5 Å². The summed E-state index contributed by atoms with van der Waals surface area (Å²) in [6.07, 6.45) is 11.6. The molecule has 0 N–H and O–H groups in total. The van der Waals surface area contributed by atoms with Crippen molar-refractivity contribution in [3.63, 3.8) is 0 Å². The van der Waals surface area contributed by atoms with Crippen molar-refractivity contribution in [1.82, 2.24) is 0 Å². The minimum Gasteiger partial charge on any atom is -0.295 e. The second-order valence-electron chi connectivity index (χ2n) is 4.66. The monoisotopic (exact) mass is 222 g/mol. The lowest BCUT2D eigenvalue weighted by atomic mass is 9.88. The Kier molecular flexibility index (Phi) is 6.05. The first-order chi connectivity index (χ1) is 7.74. The normalized spacial score (nSPS) is 20.4. The van der Waals surface area contributed by atoms with Gasteiger partial charge in [0, 0.05) is 12.3 Å². The largest absolute Gasteiger partial charge is 0.295 e. The highest BCUT2D eigenvalue weighted by Gasteiger charge is 2.22. The third-order valence-electron chi connectivity index (χ3n) is 3.19. The summed E-state index contributed by atoms with van der Waals surface area (Å²) in [7, 11) is 0. The van der Waals surface area contributed by atoms with E-state index in [1.54, 1.807) is 0 Å². The van der Waals surface area contributed by atoms with Crippen LogP contribution in [0.15, 0.2) is 12.2 Å². The summed E-state index contributed by atoms with van der Waals surface area (Å²) in [5.41, 5.74) is 0. The van der Waals surface area contributed by atoms with Crippen LogP contribution in [0.4, 0.5) is 0 Å². The van der Waals surface area contributed by atoms with Crippen molar-refractivity contribution in [1.29, 1.82) is 0 Å². The summed E-state index contributed by atoms with van der Waals surface area (Å²) in [6, 6.07) is 0. The number of carbonyl (C=O) groups is 2. The van der Waals surface area contributed by atoms with Gasteiger partial charge in [0.2, 0.25) is 0 Å². The topological polar surface area (TPSA) is 34.1 Å². The quantitative estimate of drug-likeness (QED) is 0.618. The fourth-order valence-corrected chi connectivity index (χ4v) is 2.14. The summed E-state index contributed by atoms with van der Waals surface area (Å²) in [5.74, 6) is 0.229. The van der Waals surface area contributed by atoms with Gasteiger partial charge >= 0.3 is 0 Å². The highest BCUT2D eigenvalue weighted by molar-refractivity contribution is 6.05. The van der Waals surface area contributed by atoms with Gasteiger partial charge in [-0.1, -0.05) is 45.4 Å². The molecule has 1 aliphatic rings. The molecular formula is C14H22O2. The Bertz CT molecular complexity index is 266. The van der Waals surface area contributed by atoms with Crippen LogP contribution in [-0.4, -0.2) is 11.6 Å². The molecule has 0 heterocycles. The van der Waals surface area contributed by atoms with Crippen molar-refractivity contribution < 1.29 is 9.59 Å². The standard InChI is InChI=1S/C14H22O2/c1-2-3-4-5-6-7-8-12-11-13(15)9-10-14(12)16/h9-10,12H,2-8,11H2,1H3. The predicted molar refractivity (Wildman–Crippen MR) is 65.3 cm³/mol. The van der Waals surface area contributed by atoms with Gasteiger partial charge in [0.15, 0.2) is 11.6 Å². The summed E-state index contributed by atoms with van der Waals surface area (Å²) in [6.45, 7) is 2.21. The zero-order valence-corrected chi connectivity index (χ0v) is 10.2. The predicted octanol–water partition coefficient (Wildman–Crippen LogP) is 3.45. The molecular weight excluding hydrogens is 200 g/mol. The lowest BCUT2D eigenvalue weighted by Gasteiger charge is -2.15. The number of allylic oxidation sites excluding steroid dienone is 2. The van der Waals surface area contributed by atoms with Crippen LogP contribution in [0.3, 0.4) is 0 Å². The van der Waals surface area contributed by atoms with Gasteiger partial charge in [-0.2, -0.15) is 0 Å². The molecule has 1 rings (SSSR count). The average Bonchev–Trinajstić information content (AvgIpc) is 2.28. The highest BCUT2D eigenvalue weighted by Crippen LogP contribution is 2.20. The zero-order chi connectivity index (χ0) is 11.8. The molecule has 16 heavy (non-hydrogen) atoms. The SMILES string of the molecule is CCCCCCCCC1CC(=O)C=CC1=O. The van der Waals surface area contributed by atoms with Crippen molar-refractivity contribution >= 4 is 11.6 Å². The summed E-state index contributed by atoms with van der Waals surface area (Å²) < 4.78 is 0. The summed E-state index contributed by atoms with van der Waals surface area (Å²) in [4.78, 5) is 22.6. The van der Waals surface area contributed by atoms with Crippen LogP contribution in [0.25, 0.3) is 0 Å². The second-order valence-corrected chi connectivity index (χ2v) is 4.66. The van der Waals surface area contributed by atoms with E-state index in [9.17, 15) is 9.59 Å². The Morgan fingerprint density at radius 3 is 2.50 bits per heavy atom. The van der Waals surface area contributed by atoms with E-state index in [2.05, 4.69) is 6.92 Å². The van der Waals surface area contributed by atoms with Crippen LogP contribution < -0.4 is 0 Å². The Morgan fingerprint density at radius 1 is 1.06 bits per heavy atom. The number of unbranched alkanes of at least 4 members (excludes halogenated alkanes) is 5. The Morgan fingerprint density at radius 2 is 1.75 bits per heavy atom. The molecule has 0 aromatic rings. The summed E-state index contributed by atoms with van der Waals surface area (Å²) in [5, 5.41) is 0. The maximum atomic E-state index is 11.5. The van der Waals surface area contributed by atoms with E-state index in [0.29, 0.717) is 6.42 Å². The first-order valence-corrected chi connectivity index (χ1v) is 6.48. The average molecular weight is 222 g/mol. The first-order valence-electron chi connectivity index (χ1n) is 6.48. The second kappa shape index (κ2) is 7.37. The third-order valence-corrected chi connectivity index (χ3v) is 3.19. The molecule has 0 saturated heterocycles. The molecule has 1 atom stereocenters. The van der Waals surface area contributed by atoms with E-state index < -0.39 is 0 Å². The fraction of sp³-hybridized carbons (Fsp3) is 0.714. The van der Waals surface area contributed by atoms with E-state index in [0.717, 1.165) is 12.8 Å². The van der Waals surface area contributed by atoms with Crippen molar-refractivity contribution in [2.24, 2.45) is 5.92 Å². The number of hydrogen-bond acceptors (Lipinski definition) is 2. The smallest absolute Gasteiger partial charge is 0.159 e. The van der Waals surface area contributed by atoms with Crippen molar-refractivity contribution in [2.75, 3.05) is 0 Å². The molecule has 0 radical (unpaired) electrons. The molecule has 2 nitrogen and oxygen atoms in total. The Labute approximate surface area is 98.1 Å². The molecule has 0 aromatic heterocycles. The molecule has 0 aliphatic heterocycles. The van der Waals surface area contributed by atoms with Gasteiger partial charge in [-0.3, -0.25) is 9.59 Å². The van der Waals surface area contributed by atoms with Crippen molar-refractivity contribution in [3.8, 4) is 0 Å². The fourth-order valence-electron chi connectivity index (χ4n) is 2.14. The van der Waals surface area contributed by atoms with Crippen molar-refractivity contribution in [3.05, 3.63) is 12.2 Å². The zero-order valence-electron chi connectivity index (χ0n) is 10.2. The molecule has 2 heteroatoms. The van der Waals surface area contributed by atoms with Gasteiger partial charge in [-0.25, -0.2) is 0 Å². The van der Waals surface area contributed by atoms with Gasteiger partial charge in [0.25, 0.3) is 0 Å². The van der Waals surface area contributed by atoms with E-state index in [4.69, 9.17) is 0 Å². The summed E-state index contributed by atoms with van der Waals surface area (Å²) >= 11 is 0. The van der Waals surface area contributed by atoms with E-state index >= 15 is 0 Å². The highest BCUT2D eigenvalue weighted by atomic mass is 16.1. The van der Waals surface area contributed by atoms with Crippen LogP contribution in [0.5, 0.6) is 0 Å². The van der Waals surface area contributed by atoms with Gasteiger partial charge < -0.3 is 0 Å². The minimum atomic E-state index is -0.0244. The number of ketones is 2. The molecule has 0 bridgehead atoms. The van der Waals surface area contributed by atoms with Crippen LogP contribution in [0, 0.1) is 5.92 Å². The van der Waals surface area contributed by atoms with Crippen LogP contribution >= 0.6 is 0 Å². The van der Waals surface area contributed by atoms with Gasteiger partial charge in [-0.15, -0.1) is 0 Å². The number of rotatable bonds is 7.